The van der Waals surface area contributed by atoms with E-state index >= 15 is 0 Å². The van der Waals surface area contributed by atoms with Crippen molar-refractivity contribution in [2.75, 3.05) is 18.6 Å². The second-order valence-corrected chi connectivity index (χ2v) is 7.26. The highest BCUT2D eigenvalue weighted by molar-refractivity contribution is 7.89. The van der Waals surface area contributed by atoms with Gasteiger partial charge in [-0.25, -0.2) is 13.1 Å². The van der Waals surface area contributed by atoms with E-state index in [1.54, 1.807) is 54.5 Å². The monoisotopic (exact) mass is 346 g/mol. The Morgan fingerprint density at radius 2 is 1.88 bits per heavy atom. The Bertz CT molecular complexity index is 837. The number of carbonyl (C=O) groups excluding carboxylic acids is 1. The molecule has 126 valence electrons. The number of methoxy groups -OCH3 is 1. The van der Waals surface area contributed by atoms with Crippen LogP contribution in [0.25, 0.3) is 0 Å². The fourth-order valence-electron chi connectivity index (χ4n) is 2.70. The van der Waals surface area contributed by atoms with Crippen LogP contribution in [-0.4, -0.2) is 34.0 Å². The van der Waals surface area contributed by atoms with Crippen LogP contribution in [0.15, 0.2) is 59.5 Å². The summed E-state index contributed by atoms with van der Waals surface area (Å²) in [5, 5.41) is 0. The Kier molecular flexibility index (Phi) is 4.55. The lowest BCUT2D eigenvalue weighted by Gasteiger charge is -2.18. The van der Waals surface area contributed by atoms with Crippen LogP contribution in [0.1, 0.15) is 6.42 Å². The summed E-state index contributed by atoms with van der Waals surface area (Å²) in [5.74, 6) is 0.526. The number of anilines is 1. The van der Waals surface area contributed by atoms with Crippen LogP contribution in [0.3, 0.4) is 0 Å². The van der Waals surface area contributed by atoms with Gasteiger partial charge in [-0.2, -0.15) is 0 Å². The maximum atomic E-state index is 12.4. The van der Waals surface area contributed by atoms with Crippen molar-refractivity contribution in [2.45, 2.75) is 17.4 Å². The fourth-order valence-corrected chi connectivity index (χ4v) is 3.95. The van der Waals surface area contributed by atoms with Gasteiger partial charge < -0.3 is 9.64 Å². The van der Waals surface area contributed by atoms with Crippen molar-refractivity contribution in [1.82, 2.24) is 4.72 Å². The third kappa shape index (κ3) is 3.42. The van der Waals surface area contributed by atoms with Crippen molar-refractivity contribution in [3.8, 4) is 5.75 Å². The molecular weight excluding hydrogens is 328 g/mol. The summed E-state index contributed by atoms with van der Waals surface area (Å²) in [5.41, 5.74) is 0.695. The molecule has 0 spiro atoms. The van der Waals surface area contributed by atoms with Crippen molar-refractivity contribution in [3.63, 3.8) is 0 Å². The summed E-state index contributed by atoms with van der Waals surface area (Å²) >= 11 is 0. The van der Waals surface area contributed by atoms with Crippen LogP contribution in [0.5, 0.6) is 5.75 Å². The minimum absolute atomic E-state index is 0.121. The van der Waals surface area contributed by atoms with Crippen LogP contribution in [0.2, 0.25) is 0 Å². The van der Waals surface area contributed by atoms with Gasteiger partial charge in [-0.1, -0.05) is 24.3 Å². The second kappa shape index (κ2) is 6.62. The Morgan fingerprint density at radius 1 is 1.12 bits per heavy atom. The van der Waals surface area contributed by atoms with Gasteiger partial charge in [0.15, 0.2) is 0 Å². The van der Waals surface area contributed by atoms with E-state index in [0.717, 1.165) is 0 Å². The Balaban J connectivity index is 1.75. The van der Waals surface area contributed by atoms with Crippen LogP contribution >= 0.6 is 0 Å². The Labute approximate surface area is 141 Å². The number of nitrogens with zero attached hydrogens (tertiary/aromatic N) is 1. The molecule has 2 aromatic carbocycles. The third-order valence-electron chi connectivity index (χ3n) is 3.87. The molecule has 1 aliphatic heterocycles. The van der Waals surface area contributed by atoms with Gasteiger partial charge in [0, 0.05) is 30.8 Å². The molecular formula is C17H18N2O4S. The molecule has 1 amide bonds. The predicted octanol–water partition coefficient (Wildman–Crippen LogP) is 1.78. The molecule has 0 saturated carbocycles. The first kappa shape index (κ1) is 16.5. The molecule has 6 nitrogen and oxygen atoms in total. The molecule has 1 N–H and O–H groups in total. The summed E-state index contributed by atoms with van der Waals surface area (Å²) in [7, 11) is -2.08. The standard InChI is InChI=1S/C17H18N2O4S/c1-23-15-7-5-6-14(11-15)19-12-13(10-17(19)20)18-24(21,22)16-8-3-2-4-9-16/h2-9,11,13,18H,10,12H2,1H3/t13-/m1/s1. The summed E-state index contributed by atoms with van der Waals surface area (Å²) in [6.07, 6.45) is 0.128. The first-order valence-corrected chi connectivity index (χ1v) is 9.00. The molecule has 0 aliphatic carbocycles. The highest BCUT2D eigenvalue weighted by Crippen LogP contribution is 2.26. The number of sulfonamides is 1. The molecule has 24 heavy (non-hydrogen) atoms. The number of nitrogens with one attached hydrogen (secondary N) is 1. The van der Waals surface area contributed by atoms with E-state index in [9.17, 15) is 13.2 Å². The molecule has 0 radical (unpaired) electrons. The molecule has 3 rings (SSSR count). The molecule has 1 saturated heterocycles. The van der Waals surface area contributed by atoms with E-state index in [1.165, 1.54) is 12.1 Å². The lowest BCUT2D eigenvalue weighted by atomic mass is 10.3. The fraction of sp³-hybridized carbons (Fsp3) is 0.235. The highest BCUT2D eigenvalue weighted by Gasteiger charge is 2.33. The molecule has 7 heteroatoms. The zero-order chi connectivity index (χ0) is 17.2. The molecule has 1 aliphatic rings. The average molecular weight is 346 g/mol. The van der Waals surface area contributed by atoms with E-state index in [4.69, 9.17) is 4.74 Å². The van der Waals surface area contributed by atoms with Crippen molar-refractivity contribution in [2.24, 2.45) is 0 Å². The maximum Gasteiger partial charge on any atom is 0.240 e. The molecule has 1 fully saturated rings. The van der Waals surface area contributed by atoms with Crippen molar-refractivity contribution in [1.29, 1.82) is 0 Å². The first-order valence-electron chi connectivity index (χ1n) is 7.51. The number of hydrogen-bond donors (Lipinski definition) is 1. The van der Waals surface area contributed by atoms with Crippen molar-refractivity contribution >= 4 is 21.6 Å². The molecule has 1 atom stereocenters. The van der Waals surface area contributed by atoms with Crippen LogP contribution < -0.4 is 14.4 Å². The van der Waals surface area contributed by atoms with E-state index < -0.39 is 16.1 Å². The van der Waals surface area contributed by atoms with Gasteiger partial charge in [-0.15, -0.1) is 0 Å². The molecule has 1 heterocycles. The lowest BCUT2D eigenvalue weighted by molar-refractivity contribution is -0.117. The molecule has 0 aromatic heterocycles. The van der Waals surface area contributed by atoms with Crippen molar-refractivity contribution in [3.05, 3.63) is 54.6 Å². The zero-order valence-electron chi connectivity index (χ0n) is 13.2. The van der Waals surface area contributed by atoms with E-state index in [2.05, 4.69) is 4.72 Å². The minimum Gasteiger partial charge on any atom is -0.497 e. The minimum atomic E-state index is -3.64. The van der Waals surface area contributed by atoms with Crippen molar-refractivity contribution < 1.29 is 17.9 Å². The summed E-state index contributed by atoms with van der Waals surface area (Å²) in [4.78, 5) is 14.0. The number of hydrogen-bond acceptors (Lipinski definition) is 4. The average Bonchev–Trinajstić information content (AvgIpc) is 2.95. The van der Waals surface area contributed by atoms with Crippen LogP contribution in [-0.2, 0) is 14.8 Å². The van der Waals surface area contributed by atoms with Gasteiger partial charge in [0.05, 0.1) is 12.0 Å². The maximum absolute atomic E-state index is 12.4. The van der Waals surface area contributed by atoms with Gasteiger partial charge in [-0.05, 0) is 24.3 Å². The molecule has 0 unspecified atom stereocenters. The van der Waals surface area contributed by atoms with Gasteiger partial charge in [-0.3, -0.25) is 4.79 Å². The smallest absolute Gasteiger partial charge is 0.240 e. The number of rotatable bonds is 5. The van der Waals surface area contributed by atoms with Crippen LogP contribution in [0, 0.1) is 0 Å². The van der Waals surface area contributed by atoms with E-state index in [1.807, 2.05) is 0 Å². The first-order chi connectivity index (χ1) is 11.5. The van der Waals surface area contributed by atoms with Gasteiger partial charge in [0.25, 0.3) is 0 Å². The normalized spacial score (nSPS) is 18.0. The zero-order valence-corrected chi connectivity index (χ0v) is 14.0. The quantitative estimate of drug-likeness (QED) is 0.895. The number of benzene rings is 2. The number of carbonyl (C=O) groups is 1. The Morgan fingerprint density at radius 3 is 2.58 bits per heavy atom. The summed E-state index contributed by atoms with van der Waals surface area (Å²) < 4.78 is 32.5. The van der Waals surface area contributed by atoms with E-state index in [0.29, 0.717) is 11.4 Å². The van der Waals surface area contributed by atoms with Gasteiger partial charge in [0.1, 0.15) is 5.75 Å². The topological polar surface area (TPSA) is 75.7 Å². The summed E-state index contributed by atoms with van der Waals surface area (Å²) in [6, 6.07) is 14.8. The van der Waals surface area contributed by atoms with Gasteiger partial charge in [0.2, 0.25) is 15.9 Å². The largest absolute Gasteiger partial charge is 0.497 e. The van der Waals surface area contributed by atoms with Crippen LogP contribution in [0.4, 0.5) is 5.69 Å². The predicted molar refractivity (Wildman–Crippen MR) is 90.5 cm³/mol. The van der Waals surface area contributed by atoms with Gasteiger partial charge >= 0.3 is 0 Å². The lowest BCUT2D eigenvalue weighted by Crippen LogP contribution is -2.37. The SMILES string of the molecule is COc1cccc(N2C[C@H](NS(=O)(=O)c3ccccc3)CC2=O)c1. The summed E-state index contributed by atoms with van der Waals surface area (Å²) in [6.45, 7) is 0.290. The molecule has 0 bridgehead atoms. The number of ether oxygens (including phenoxy) is 1. The Hall–Kier alpha value is -2.38. The number of amides is 1. The third-order valence-corrected chi connectivity index (χ3v) is 5.40. The molecule has 2 aromatic rings. The highest BCUT2D eigenvalue weighted by atomic mass is 32.2. The second-order valence-electron chi connectivity index (χ2n) is 5.54. The van der Waals surface area contributed by atoms with E-state index in [-0.39, 0.29) is 23.8 Å².